The lowest BCUT2D eigenvalue weighted by atomic mass is 9.84. The Morgan fingerprint density at radius 2 is 2.19 bits per heavy atom. The van der Waals surface area contributed by atoms with Crippen molar-refractivity contribution in [1.82, 2.24) is 5.32 Å². The summed E-state index contributed by atoms with van der Waals surface area (Å²) in [6.45, 7) is 4.00. The van der Waals surface area contributed by atoms with Gasteiger partial charge in [0.15, 0.2) is 0 Å². The van der Waals surface area contributed by atoms with E-state index in [-0.39, 0.29) is 11.2 Å². The SMILES string of the molecule is CCCc1ccc(F)c2c1CNCC21CC1. The molecule has 0 atom stereocenters. The van der Waals surface area contributed by atoms with Crippen LogP contribution in [0.4, 0.5) is 4.39 Å². The van der Waals surface area contributed by atoms with Crippen LogP contribution in [-0.2, 0) is 18.4 Å². The minimum atomic E-state index is 0.0221. The standard InChI is InChI=1S/C14H18FN/c1-2-3-10-4-5-12(15)13-11(10)8-16-9-14(13)6-7-14/h4-5,16H,2-3,6-9H2,1H3. The van der Waals surface area contributed by atoms with Gasteiger partial charge in [0.2, 0.25) is 0 Å². The van der Waals surface area contributed by atoms with E-state index in [0.717, 1.165) is 44.3 Å². The average molecular weight is 219 g/mol. The lowest BCUT2D eigenvalue weighted by Crippen LogP contribution is -2.35. The molecule has 1 spiro atoms. The highest BCUT2D eigenvalue weighted by molar-refractivity contribution is 5.46. The largest absolute Gasteiger partial charge is 0.312 e. The fourth-order valence-electron chi connectivity index (χ4n) is 3.03. The number of rotatable bonds is 2. The molecule has 0 radical (unpaired) electrons. The van der Waals surface area contributed by atoms with Crippen LogP contribution in [0.15, 0.2) is 12.1 Å². The van der Waals surface area contributed by atoms with Crippen molar-refractivity contribution in [3.63, 3.8) is 0 Å². The monoisotopic (exact) mass is 219 g/mol. The van der Waals surface area contributed by atoms with Crippen molar-refractivity contribution in [3.8, 4) is 0 Å². The smallest absolute Gasteiger partial charge is 0.127 e. The third-order valence-corrected chi connectivity index (χ3v) is 4.03. The van der Waals surface area contributed by atoms with Gasteiger partial charge < -0.3 is 5.32 Å². The Balaban J connectivity index is 2.13. The van der Waals surface area contributed by atoms with Gasteiger partial charge in [-0.1, -0.05) is 19.4 Å². The first-order chi connectivity index (χ1) is 7.77. The second-order valence-electron chi connectivity index (χ2n) is 5.19. The topological polar surface area (TPSA) is 12.0 Å². The molecule has 16 heavy (non-hydrogen) atoms. The van der Waals surface area contributed by atoms with E-state index in [1.165, 1.54) is 11.1 Å². The van der Waals surface area contributed by atoms with Crippen LogP contribution in [0.3, 0.4) is 0 Å². The Morgan fingerprint density at radius 1 is 1.38 bits per heavy atom. The molecule has 2 aliphatic rings. The summed E-state index contributed by atoms with van der Waals surface area (Å²) in [6.07, 6.45) is 4.50. The maximum absolute atomic E-state index is 14.0. The van der Waals surface area contributed by atoms with Crippen molar-refractivity contribution in [2.75, 3.05) is 6.54 Å². The first-order valence-electron chi connectivity index (χ1n) is 6.28. The third kappa shape index (κ3) is 1.40. The van der Waals surface area contributed by atoms with Crippen molar-refractivity contribution in [1.29, 1.82) is 0 Å². The van der Waals surface area contributed by atoms with Crippen molar-refractivity contribution < 1.29 is 4.39 Å². The van der Waals surface area contributed by atoms with E-state index < -0.39 is 0 Å². The number of hydrogen-bond donors (Lipinski definition) is 1. The van der Waals surface area contributed by atoms with E-state index in [4.69, 9.17) is 0 Å². The lowest BCUT2D eigenvalue weighted by Gasteiger charge is -2.28. The first kappa shape index (κ1) is 10.3. The van der Waals surface area contributed by atoms with Crippen LogP contribution in [-0.4, -0.2) is 6.54 Å². The maximum Gasteiger partial charge on any atom is 0.127 e. The molecule has 0 unspecified atom stereocenters. The Labute approximate surface area is 96.1 Å². The molecule has 1 fully saturated rings. The molecule has 0 aromatic heterocycles. The average Bonchev–Trinajstić information content (AvgIpc) is 3.03. The van der Waals surface area contributed by atoms with Gasteiger partial charge in [-0.2, -0.15) is 0 Å². The van der Waals surface area contributed by atoms with Gasteiger partial charge in [0.25, 0.3) is 0 Å². The van der Waals surface area contributed by atoms with Crippen LogP contribution >= 0.6 is 0 Å². The number of nitrogens with one attached hydrogen (secondary N) is 1. The molecule has 1 aliphatic heterocycles. The Hall–Kier alpha value is -0.890. The van der Waals surface area contributed by atoms with Gasteiger partial charge in [0.05, 0.1) is 0 Å². The van der Waals surface area contributed by atoms with Gasteiger partial charge in [-0.3, -0.25) is 0 Å². The van der Waals surface area contributed by atoms with Gasteiger partial charge >= 0.3 is 0 Å². The molecule has 0 saturated heterocycles. The molecule has 1 saturated carbocycles. The molecule has 1 aliphatic carbocycles. The summed E-state index contributed by atoms with van der Waals surface area (Å²) in [6, 6.07) is 3.65. The Kier molecular flexibility index (Phi) is 2.28. The molecule has 1 nitrogen and oxygen atoms in total. The van der Waals surface area contributed by atoms with Crippen LogP contribution in [0, 0.1) is 5.82 Å². The van der Waals surface area contributed by atoms with Gasteiger partial charge in [0, 0.05) is 24.1 Å². The molecular formula is C14H18FN. The van der Waals surface area contributed by atoms with Gasteiger partial charge in [-0.15, -0.1) is 0 Å². The van der Waals surface area contributed by atoms with E-state index in [2.05, 4.69) is 12.2 Å². The number of hydrogen-bond acceptors (Lipinski definition) is 1. The van der Waals surface area contributed by atoms with Crippen LogP contribution in [0.25, 0.3) is 0 Å². The minimum absolute atomic E-state index is 0.0221. The van der Waals surface area contributed by atoms with E-state index in [1.807, 2.05) is 6.07 Å². The van der Waals surface area contributed by atoms with Crippen LogP contribution in [0.5, 0.6) is 0 Å². The van der Waals surface area contributed by atoms with E-state index in [0.29, 0.717) is 0 Å². The fraction of sp³-hybridized carbons (Fsp3) is 0.571. The predicted molar refractivity (Wildman–Crippen MR) is 63.0 cm³/mol. The molecule has 1 N–H and O–H groups in total. The first-order valence-corrected chi connectivity index (χ1v) is 6.28. The molecule has 0 bridgehead atoms. The minimum Gasteiger partial charge on any atom is -0.312 e. The molecule has 2 heteroatoms. The molecule has 0 amide bonds. The molecule has 1 aromatic carbocycles. The Bertz CT molecular complexity index is 421. The summed E-state index contributed by atoms with van der Waals surface area (Å²) in [4.78, 5) is 0. The summed E-state index contributed by atoms with van der Waals surface area (Å²) in [5.41, 5.74) is 3.79. The zero-order chi connectivity index (χ0) is 11.2. The third-order valence-electron chi connectivity index (χ3n) is 4.03. The molecular weight excluding hydrogens is 201 g/mol. The van der Waals surface area contributed by atoms with E-state index in [9.17, 15) is 4.39 Å². The van der Waals surface area contributed by atoms with Crippen LogP contribution < -0.4 is 5.32 Å². The van der Waals surface area contributed by atoms with Crippen molar-refractivity contribution in [2.24, 2.45) is 0 Å². The Morgan fingerprint density at radius 3 is 2.88 bits per heavy atom. The summed E-state index contributed by atoms with van der Waals surface area (Å²) in [7, 11) is 0. The van der Waals surface area contributed by atoms with Crippen LogP contribution in [0.2, 0.25) is 0 Å². The highest BCUT2D eigenvalue weighted by Crippen LogP contribution is 2.51. The van der Waals surface area contributed by atoms with Crippen LogP contribution in [0.1, 0.15) is 42.9 Å². The summed E-state index contributed by atoms with van der Waals surface area (Å²) in [5, 5.41) is 3.45. The fourth-order valence-corrected chi connectivity index (χ4v) is 3.03. The second kappa shape index (κ2) is 3.56. The summed E-state index contributed by atoms with van der Waals surface area (Å²) >= 11 is 0. The van der Waals surface area contributed by atoms with Crippen molar-refractivity contribution in [3.05, 3.63) is 34.6 Å². The molecule has 1 aromatic rings. The van der Waals surface area contributed by atoms with E-state index >= 15 is 0 Å². The molecule has 86 valence electrons. The molecule has 1 heterocycles. The maximum atomic E-state index is 14.0. The van der Waals surface area contributed by atoms with Gasteiger partial charge in [-0.25, -0.2) is 4.39 Å². The van der Waals surface area contributed by atoms with E-state index in [1.54, 1.807) is 6.07 Å². The summed E-state index contributed by atoms with van der Waals surface area (Å²) < 4.78 is 14.0. The van der Waals surface area contributed by atoms with Crippen molar-refractivity contribution >= 4 is 0 Å². The number of benzene rings is 1. The number of halogens is 1. The second-order valence-corrected chi connectivity index (χ2v) is 5.19. The normalized spacial score (nSPS) is 20.9. The zero-order valence-corrected chi connectivity index (χ0v) is 9.78. The predicted octanol–water partition coefficient (Wildman–Crippen LogP) is 2.91. The van der Waals surface area contributed by atoms with Gasteiger partial charge in [0.1, 0.15) is 5.82 Å². The number of aryl methyl sites for hydroxylation is 1. The van der Waals surface area contributed by atoms with Crippen molar-refractivity contribution in [2.45, 2.75) is 44.6 Å². The zero-order valence-electron chi connectivity index (χ0n) is 9.78. The highest BCUT2D eigenvalue weighted by atomic mass is 19.1. The summed E-state index contributed by atoms with van der Waals surface area (Å²) in [5.74, 6) is 0.0221. The quantitative estimate of drug-likeness (QED) is 0.806. The van der Waals surface area contributed by atoms with Gasteiger partial charge in [-0.05, 0) is 36.5 Å². The highest BCUT2D eigenvalue weighted by Gasteiger charge is 2.48. The lowest BCUT2D eigenvalue weighted by molar-refractivity contribution is 0.488. The molecule has 3 rings (SSSR count). The number of fused-ring (bicyclic) bond motifs is 2.